The van der Waals surface area contributed by atoms with E-state index in [2.05, 4.69) is 16.0 Å². The van der Waals surface area contributed by atoms with Crippen molar-refractivity contribution in [3.05, 3.63) is 0 Å². The van der Waals surface area contributed by atoms with Gasteiger partial charge in [0.15, 0.2) is 0 Å². The number of amides is 3. The molecule has 0 aliphatic heterocycles. The molecule has 0 radical (unpaired) electrons. The van der Waals surface area contributed by atoms with Crippen LogP contribution in [0.3, 0.4) is 0 Å². The Kier molecular flexibility index (Phi) is 11.6. The zero-order chi connectivity index (χ0) is 23.6. The number of hydrogen-bond donors (Lipinski definition) is 7. The molecule has 0 spiro atoms. The number of rotatable bonds is 13. The summed E-state index contributed by atoms with van der Waals surface area (Å²) in [5.74, 6) is -5.64. The van der Waals surface area contributed by atoms with Crippen LogP contribution in [0.25, 0.3) is 0 Å². The maximum absolute atomic E-state index is 12.6. The molecule has 0 aromatic heterocycles. The van der Waals surface area contributed by atoms with Crippen molar-refractivity contribution in [2.45, 2.75) is 64.7 Å². The molecular weight excluding hydrogens is 400 g/mol. The maximum Gasteiger partial charge on any atom is 0.326 e. The van der Waals surface area contributed by atoms with Gasteiger partial charge in [-0.2, -0.15) is 0 Å². The molecule has 4 atom stereocenters. The summed E-state index contributed by atoms with van der Waals surface area (Å²) in [7, 11) is 0. The molecule has 0 aliphatic rings. The fourth-order valence-corrected chi connectivity index (χ4v) is 2.43. The SMILES string of the molecule is CC(C)C(NC(=O)C(CO)NC(=O)C(NC(=O)C(N)CCC(=O)O)C(C)C)C(=O)O. The van der Waals surface area contributed by atoms with E-state index in [-0.39, 0.29) is 12.8 Å². The smallest absolute Gasteiger partial charge is 0.326 e. The molecule has 172 valence electrons. The second-order valence-electron chi connectivity index (χ2n) is 7.58. The predicted octanol–water partition coefficient (Wildman–Crippen LogP) is -1.98. The normalized spacial score (nSPS) is 15.1. The van der Waals surface area contributed by atoms with Gasteiger partial charge in [-0.3, -0.25) is 19.2 Å². The van der Waals surface area contributed by atoms with Gasteiger partial charge in [-0.25, -0.2) is 4.79 Å². The highest BCUT2D eigenvalue weighted by Gasteiger charge is 2.32. The fraction of sp³-hybridized carbons (Fsp3) is 0.722. The van der Waals surface area contributed by atoms with Gasteiger partial charge in [0.2, 0.25) is 17.7 Å². The van der Waals surface area contributed by atoms with Crippen LogP contribution in [-0.4, -0.2) is 75.8 Å². The quantitative estimate of drug-likeness (QED) is 0.172. The number of carboxylic acid groups (broad SMARTS) is 2. The maximum atomic E-state index is 12.6. The highest BCUT2D eigenvalue weighted by Crippen LogP contribution is 2.06. The van der Waals surface area contributed by atoms with Crippen molar-refractivity contribution in [2.24, 2.45) is 17.6 Å². The highest BCUT2D eigenvalue weighted by atomic mass is 16.4. The number of carbonyl (C=O) groups is 5. The molecule has 0 saturated carbocycles. The number of aliphatic hydroxyl groups is 1. The highest BCUT2D eigenvalue weighted by molar-refractivity contribution is 5.94. The topological polar surface area (TPSA) is 208 Å². The third-order valence-corrected chi connectivity index (χ3v) is 4.30. The Morgan fingerprint density at radius 2 is 1.30 bits per heavy atom. The molecule has 0 aliphatic carbocycles. The van der Waals surface area contributed by atoms with Gasteiger partial charge in [0.1, 0.15) is 18.1 Å². The Morgan fingerprint density at radius 1 is 0.800 bits per heavy atom. The first-order valence-corrected chi connectivity index (χ1v) is 9.53. The molecule has 30 heavy (non-hydrogen) atoms. The van der Waals surface area contributed by atoms with Gasteiger partial charge in [0, 0.05) is 6.42 Å². The number of carboxylic acids is 2. The van der Waals surface area contributed by atoms with Gasteiger partial charge < -0.3 is 37.0 Å². The average molecular weight is 432 g/mol. The first kappa shape index (κ1) is 27.3. The lowest BCUT2D eigenvalue weighted by molar-refractivity contribution is -0.144. The number of nitrogens with two attached hydrogens (primary N) is 1. The second kappa shape index (κ2) is 12.8. The van der Waals surface area contributed by atoms with Crippen LogP contribution in [0.15, 0.2) is 0 Å². The molecule has 12 nitrogen and oxygen atoms in total. The standard InChI is InChI=1S/C18H32N4O8/c1-8(2)13(21-15(26)10(19)5-6-12(24)25)17(28)20-11(7-23)16(27)22-14(9(3)4)18(29)30/h8-11,13-14,23H,5-7,19H2,1-4H3,(H,20,28)(H,21,26)(H,22,27)(H,24,25)(H,29,30). The van der Waals surface area contributed by atoms with Crippen molar-refractivity contribution in [3.8, 4) is 0 Å². The molecule has 0 rings (SSSR count). The number of nitrogens with one attached hydrogen (secondary N) is 3. The summed E-state index contributed by atoms with van der Waals surface area (Å²) in [4.78, 5) is 58.8. The van der Waals surface area contributed by atoms with Gasteiger partial charge in [-0.1, -0.05) is 27.7 Å². The van der Waals surface area contributed by atoms with Crippen LogP contribution >= 0.6 is 0 Å². The van der Waals surface area contributed by atoms with Crippen LogP contribution in [0.5, 0.6) is 0 Å². The summed E-state index contributed by atoms with van der Waals surface area (Å²) in [5, 5.41) is 34.2. The van der Waals surface area contributed by atoms with Crippen molar-refractivity contribution < 1.29 is 39.3 Å². The van der Waals surface area contributed by atoms with Gasteiger partial charge in [0.25, 0.3) is 0 Å². The molecule has 4 unspecified atom stereocenters. The minimum Gasteiger partial charge on any atom is -0.481 e. The molecule has 0 fully saturated rings. The monoisotopic (exact) mass is 432 g/mol. The van der Waals surface area contributed by atoms with E-state index in [0.717, 1.165) is 0 Å². The average Bonchev–Trinajstić information content (AvgIpc) is 2.64. The minimum atomic E-state index is -1.43. The predicted molar refractivity (Wildman–Crippen MR) is 105 cm³/mol. The molecule has 8 N–H and O–H groups in total. The van der Waals surface area contributed by atoms with E-state index >= 15 is 0 Å². The van der Waals surface area contributed by atoms with Crippen molar-refractivity contribution >= 4 is 29.7 Å². The van der Waals surface area contributed by atoms with Crippen LogP contribution in [0.2, 0.25) is 0 Å². The third kappa shape index (κ3) is 9.18. The zero-order valence-corrected chi connectivity index (χ0v) is 17.5. The largest absolute Gasteiger partial charge is 0.481 e. The van der Waals surface area contributed by atoms with Gasteiger partial charge in [-0.05, 0) is 18.3 Å². The van der Waals surface area contributed by atoms with E-state index in [0.29, 0.717) is 0 Å². The van der Waals surface area contributed by atoms with Crippen molar-refractivity contribution in [1.29, 1.82) is 0 Å². The number of aliphatic carboxylic acids is 2. The summed E-state index contributed by atoms with van der Waals surface area (Å²) < 4.78 is 0. The summed E-state index contributed by atoms with van der Waals surface area (Å²) in [5.41, 5.74) is 5.63. The van der Waals surface area contributed by atoms with Gasteiger partial charge in [-0.15, -0.1) is 0 Å². The van der Waals surface area contributed by atoms with Crippen LogP contribution in [-0.2, 0) is 24.0 Å². The third-order valence-electron chi connectivity index (χ3n) is 4.30. The van der Waals surface area contributed by atoms with E-state index < -0.39 is 72.3 Å². The lowest BCUT2D eigenvalue weighted by Gasteiger charge is -2.26. The first-order valence-electron chi connectivity index (χ1n) is 9.53. The van der Waals surface area contributed by atoms with E-state index in [9.17, 15) is 29.1 Å². The molecule has 0 aromatic rings. The Labute approximate surface area is 174 Å². The Morgan fingerprint density at radius 3 is 1.70 bits per heavy atom. The second-order valence-corrected chi connectivity index (χ2v) is 7.58. The first-order chi connectivity index (χ1) is 13.8. The van der Waals surface area contributed by atoms with Crippen LogP contribution < -0.4 is 21.7 Å². The van der Waals surface area contributed by atoms with E-state index in [4.69, 9.17) is 15.9 Å². The Hall–Kier alpha value is -2.73. The molecule has 0 bridgehead atoms. The van der Waals surface area contributed by atoms with E-state index in [1.54, 1.807) is 27.7 Å². The van der Waals surface area contributed by atoms with Gasteiger partial charge in [0.05, 0.1) is 12.6 Å². The van der Waals surface area contributed by atoms with Crippen LogP contribution in [0, 0.1) is 11.8 Å². The molecule has 12 heteroatoms. The summed E-state index contributed by atoms with van der Waals surface area (Å²) in [6.07, 6.45) is -0.443. The number of carbonyl (C=O) groups excluding carboxylic acids is 3. The lowest BCUT2D eigenvalue weighted by Crippen LogP contribution is -2.59. The van der Waals surface area contributed by atoms with Gasteiger partial charge >= 0.3 is 11.9 Å². The molecule has 0 saturated heterocycles. The van der Waals surface area contributed by atoms with Crippen molar-refractivity contribution in [1.82, 2.24) is 16.0 Å². The lowest BCUT2D eigenvalue weighted by atomic mass is 10.0. The fourth-order valence-electron chi connectivity index (χ4n) is 2.43. The molecular formula is C18H32N4O8. The van der Waals surface area contributed by atoms with Crippen molar-refractivity contribution in [3.63, 3.8) is 0 Å². The Balaban J connectivity index is 5.13. The number of hydrogen-bond acceptors (Lipinski definition) is 7. The molecule has 0 aromatic carbocycles. The molecule has 3 amide bonds. The Bertz CT molecular complexity index is 638. The summed E-state index contributed by atoms with van der Waals surface area (Å²) in [6, 6.07) is -4.90. The summed E-state index contributed by atoms with van der Waals surface area (Å²) >= 11 is 0. The van der Waals surface area contributed by atoms with Crippen LogP contribution in [0.4, 0.5) is 0 Å². The van der Waals surface area contributed by atoms with Crippen LogP contribution in [0.1, 0.15) is 40.5 Å². The van der Waals surface area contributed by atoms with E-state index in [1.165, 1.54) is 0 Å². The zero-order valence-electron chi connectivity index (χ0n) is 17.5. The molecule has 0 heterocycles. The van der Waals surface area contributed by atoms with Crippen molar-refractivity contribution in [2.75, 3.05) is 6.61 Å². The number of aliphatic hydroxyl groups excluding tert-OH is 1. The minimum absolute atomic E-state index is 0.124. The van der Waals surface area contributed by atoms with E-state index in [1.807, 2.05) is 0 Å². The summed E-state index contributed by atoms with van der Waals surface area (Å²) in [6.45, 7) is 5.63.